The first-order valence-corrected chi connectivity index (χ1v) is 7.68. The lowest BCUT2D eigenvalue weighted by molar-refractivity contribution is -0.135. The summed E-state index contributed by atoms with van der Waals surface area (Å²) in [6.07, 6.45) is 9.08. The van der Waals surface area contributed by atoms with Crippen LogP contribution in [0.5, 0.6) is 0 Å². The van der Waals surface area contributed by atoms with Crippen molar-refractivity contribution in [3.05, 3.63) is 0 Å². The van der Waals surface area contributed by atoms with Crippen LogP contribution in [-0.2, 0) is 9.53 Å². The largest absolute Gasteiger partial charge is 0.381 e. The maximum absolute atomic E-state index is 12.5. The van der Waals surface area contributed by atoms with Crippen molar-refractivity contribution < 1.29 is 9.53 Å². The summed E-state index contributed by atoms with van der Waals surface area (Å²) >= 11 is 0. The van der Waals surface area contributed by atoms with Gasteiger partial charge in [0.25, 0.3) is 0 Å². The van der Waals surface area contributed by atoms with Crippen molar-refractivity contribution in [2.75, 3.05) is 27.2 Å². The van der Waals surface area contributed by atoms with Crippen LogP contribution in [0.1, 0.15) is 51.4 Å². The molecule has 2 aliphatic rings. The van der Waals surface area contributed by atoms with Crippen LogP contribution in [0.2, 0.25) is 0 Å². The van der Waals surface area contributed by atoms with Crippen molar-refractivity contribution in [3.8, 4) is 0 Å². The fourth-order valence-corrected chi connectivity index (χ4v) is 3.49. The van der Waals surface area contributed by atoms with Gasteiger partial charge in [-0.05, 0) is 32.7 Å². The summed E-state index contributed by atoms with van der Waals surface area (Å²) in [6.45, 7) is 1.72. The summed E-state index contributed by atoms with van der Waals surface area (Å²) in [7, 11) is 3.77. The van der Waals surface area contributed by atoms with E-state index in [1.54, 1.807) is 7.11 Å². The van der Waals surface area contributed by atoms with E-state index in [-0.39, 0.29) is 5.54 Å². The van der Waals surface area contributed by atoms with Crippen LogP contribution in [0.4, 0.5) is 0 Å². The van der Waals surface area contributed by atoms with E-state index < -0.39 is 0 Å². The van der Waals surface area contributed by atoms with Gasteiger partial charge in [0.1, 0.15) is 0 Å². The van der Waals surface area contributed by atoms with Crippen LogP contribution in [-0.4, -0.2) is 49.7 Å². The maximum Gasteiger partial charge on any atom is 0.224 e. The van der Waals surface area contributed by atoms with Gasteiger partial charge in [-0.1, -0.05) is 19.3 Å². The van der Waals surface area contributed by atoms with Crippen molar-refractivity contribution in [2.24, 2.45) is 0 Å². The number of amides is 1. The van der Waals surface area contributed by atoms with Crippen molar-refractivity contribution in [2.45, 2.75) is 63.0 Å². The first-order chi connectivity index (χ1) is 9.19. The fraction of sp³-hybridized carbons (Fsp3) is 0.933. The van der Waals surface area contributed by atoms with Gasteiger partial charge < -0.3 is 15.0 Å². The highest BCUT2D eigenvalue weighted by atomic mass is 16.5. The molecule has 0 atom stereocenters. The molecule has 2 fully saturated rings. The molecule has 110 valence electrons. The zero-order valence-corrected chi connectivity index (χ0v) is 12.4. The molecule has 4 heteroatoms. The van der Waals surface area contributed by atoms with Crippen LogP contribution in [0, 0.1) is 0 Å². The molecule has 0 bridgehead atoms. The van der Waals surface area contributed by atoms with Gasteiger partial charge in [0.15, 0.2) is 0 Å². The molecule has 0 radical (unpaired) electrons. The summed E-state index contributed by atoms with van der Waals surface area (Å²) in [5, 5.41) is 3.44. The lowest BCUT2D eigenvalue weighted by Gasteiger charge is -2.39. The number of piperidine rings is 1. The summed E-state index contributed by atoms with van der Waals surface area (Å²) < 4.78 is 5.36. The number of rotatable bonds is 4. The first-order valence-electron chi connectivity index (χ1n) is 7.68. The molecule has 1 amide bonds. The number of ether oxygens (including phenoxy) is 1. The number of hydrogen-bond acceptors (Lipinski definition) is 3. The zero-order valence-electron chi connectivity index (χ0n) is 12.4. The van der Waals surface area contributed by atoms with E-state index in [9.17, 15) is 4.79 Å². The topological polar surface area (TPSA) is 41.6 Å². The highest BCUT2D eigenvalue weighted by Gasteiger charge is 2.34. The van der Waals surface area contributed by atoms with Gasteiger partial charge >= 0.3 is 0 Å². The quantitative estimate of drug-likeness (QED) is 0.847. The number of carbonyl (C=O) groups is 1. The van der Waals surface area contributed by atoms with E-state index in [0.29, 0.717) is 18.4 Å². The van der Waals surface area contributed by atoms with E-state index in [1.807, 2.05) is 11.9 Å². The molecule has 1 aliphatic carbocycles. The predicted octanol–water partition coefficient (Wildman–Crippen LogP) is 1.94. The Balaban J connectivity index is 1.86. The number of carbonyl (C=O) groups excluding carboxylic acids is 1. The van der Waals surface area contributed by atoms with Gasteiger partial charge in [-0.25, -0.2) is 0 Å². The van der Waals surface area contributed by atoms with Gasteiger partial charge in [0.2, 0.25) is 5.91 Å². The van der Waals surface area contributed by atoms with Crippen LogP contribution in [0.25, 0.3) is 0 Å². The third-order valence-electron chi connectivity index (χ3n) is 4.96. The Morgan fingerprint density at radius 3 is 2.42 bits per heavy atom. The van der Waals surface area contributed by atoms with E-state index in [0.717, 1.165) is 38.8 Å². The van der Waals surface area contributed by atoms with Gasteiger partial charge in [0.05, 0.1) is 6.10 Å². The third-order valence-corrected chi connectivity index (χ3v) is 4.96. The number of hydrogen-bond donors (Lipinski definition) is 1. The molecule has 1 saturated carbocycles. The second kappa shape index (κ2) is 6.71. The van der Waals surface area contributed by atoms with E-state index in [4.69, 9.17) is 4.74 Å². The number of nitrogens with one attached hydrogen (secondary N) is 1. The zero-order chi connectivity index (χ0) is 13.7. The fourth-order valence-electron chi connectivity index (χ4n) is 3.49. The first kappa shape index (κ1) is 14.8. The number of nitrogens with zero attached hydrogens (tertiary/aromatic N) is 1. The molecule has 1 aliphatic heterocycles. The highest BCUT2D eigenvalue weighted by molar-refractivity contribution is 5.77. The molecule has 0 aromatic heterocycles. The standard InChI is InChI=1S/C15H28N2O2/c1-16-15(8-4-3-5-9-15)12-14(18)17-10-6-13(19-2)7-11-17/h13,16H,3-12H2,1-2H3. The van der Waals surface area contributed by atoms with Crippen LogP contribution in [0.15, 0.2) is 0 Å². The lowest BCUT2D eigenvalue weighted by Crippen LogP contribution is -2.50. The smallest absolute Gasteiger partial charge is 0.224 e. The Morgan fingerprint density at radius 1 is 1.26 bits per heavy atom. The molecule has 0 unspecified atom stereocenters. The van der Waals surface area contributed by atoms with Crippen LogP contribution >= 0.6 is 0 Å². The molecular weight excluding hydrogens is 240 g/mol. The van der Waals surface area contributed by atoms with Crippen molar-refractivity contribution in [1.82, 2.24) is 10.2 Å². The molecule has 0 spiro atoms. The average molecular weight is 268 g/mol. The normalized spacial score (nSPS) is 24.4. The predicted molar refractivity (Wildman–Crippen MR) is 76.1 cm³/mol. The van der Waals surface area contributed by atoms with Crippen LogP contribution < -0.4 is 5.32 Å². The molecule has 19 heavy (non-hydrogen) atoms. The second-order valence-corrected chi connectivity index (χ2v) is 6.08. The Labute approximate surface area is 116 Å². The minimum absolute atomic E-state index is 0.0629. The van der Waals surface area contributed by atoms with Gasteiger partial charge in [-0.3, -0.25) is 4.79 Å². The Morgan fingerprint density at radius 2 is 1.89 bits per heavy atom. The Hall–Kier alpha value is -0.610. The minimum atomic E-state index is 0.0629. The lowest BCUT2D eigenvalue weighted by atomic mass is 9.79. The van der Waals surface area contributed by atoms with Crippen LogP contribution in [0.3, 0.4) is 0 Å². The van der Waals surface area contributed by atoms with E-state index >= 15 is 0 Å². The molecule has 4 nitrogen and oxygen atoms in total. The number of likely N-dealkylation sites (tertiary alicyclic amines) is 1. The van der Waals surface area contributed by atoms with Gasteiger partial charge in [-0.2, -0.15) is 0 Å². The molecule has 1 saturated heterocycles. The Kier molecular flexibility index (Phi) is 5.22. The molecule has 0 aromatic carbocycles. The molecular formula is C15H28N2O2. The maximum atomic E-state index is 12.5. The van der Waals surface area contributed by atoms with E-state index in [2.05, 4.69) is 5.32 Å². The Bertz CT molecular complexity index is 293. The minimum Gasteiger partial charge on any atom is -0.381 e. The third kappa shape index (κ3) is 3.69. The summed E-state index contributed by atoms with van der Waals surface area (Å²) in [5.41, 5.74) is 0.0629. The SMILES string of the molecule is CNC1(CC(=O)N2CCC(OC)CC2)CCCCC1. The highest BCUT2D eigenvalue weighted by Crippen LogP contribution is 2.31. The van der Waals surface area contributed by atoms with Crippen molar-refractivity contribution >= 4 is 5.91 Å². The number of methoxy groups -OCH3 is 1. The summed E-state index contributed by atoms with van der Waals surface area (Å²) in [6, 6.07) is 0. The summed E-state index contributed by atoms with van der Waals surface area (Å²) in [4.78, 5) is 14.5. The monoisotopic (exact) mass is 268 g/mol. The van der Waals surface area contributed by atoms with Gasteiger partial charge in [0, 0.05) is 32.2 Å². The van der Waals surface area contributed by atoms with Crippen molar-refractivity contribution in [3.63, 3.8) is 0 Å². The molecule has 2 rings (SSSR count). The molecule has 1 N–H and O–H groups in total. The second-order valence-electron chi connectivity index (χ2n) is 6.08. The van der Waals surface area contributed by atoms with Crippen molar-refractivity contribution in [1.29, 1.82) is 0 Å². The average Bonchev–Trinajstić information content (AvgIpc) is 2.48. The molecule has 1 heterocycles. The summed E-state index contributed by atoms with van der Waals surface area (Å²) in [5.74, 6) is 0.325. The molecule has 0 aromatic rings. The van der Waals surface area contributed by atoms with Gasteiger partial charge in [-0.15, -0.1) is 0 Å². The van der Waals surface area contributed by atoms with E-state index in [1.165, 1.54) is 19.3 Å².